The second kappa shape index (κ2) is 20.2. The maximum atomic E-state index is 11.5. The standard InChI is InChI=1S/C27H31N7O2S.C26H29N7/c1-18-6-4-8-22(26(28)21-7-5-9-24-23(21)17-33(2)31-24)27(18)30-20-10-11-25(29-16-20)34-14-12-19(13-15-34)32-37(3,35)36;1-17-5-3-7-21(25(28)20-6-4-8-23-22(20)16-32(2)31-23)26(17)30-19-9-10-24(29-15-19)33-13-11-18(27)12-14-33/h4-11,16-17,19,28,30,32H,12-15H2,1-3H3;3-10,15-16,18,28,30H,11-14,27H2,1-2H3. The Hall–Kier alpha value is -7.47. The number of nitrogens with two attached hydrogens (primary N) is 1. The first-order chi connectivity index (χ1) is 33.7. The number of anilines is 6. The molecule has 0 amide bonds. The average Bonchev–Trinajstić information content (AvgIpc) is 3.94. The van der Waals surface area contributed by atoms with E-state index < -0.39 is 10.0 Å². The SMILES string of the molecule is Cc1cccc(C(=N)c2cccc3nn(C)cc23)c1Nc1ccc(N2CCC(N)CC2)nc1.Cc1cccc(C(=N)c2cccc3nn(C)cc23)c1Nc1ccc(N2CCC(NS(C)(=O)=O)CC2)nc1. The molecule has 10 rings (SSSR count). The first kappa shape index (κ1) is 47.6. The Labute approximate surface area is 409 Å². The van der Waals surface area contributed by atoms with Gasteiger partial charge in [0.15, 0.2) is 0 Å². The largest absolute Gasteiger partial charge is 0.357 e. The summed E-state index contributed by atoms with van der Waals surface area (Å²) in [6.45, 7) is 7.46. The number of aryl methyl sites for hydroxylation is 4. The van der Waals surface area contributed by atoms with Crippen molar-refractivity contribution >= 4 is 77.6 Å². The van der Waals surface area contributed by atoms with E-state index in [1.807, 2.05) is 118 Å². The van der Waals surface area contributed by atoms with Crippen LogP contribution in [-0.2, 0) is 24.1 Å². The Kier molecular flexibility index (Phi) is 13.8. The third-order valence-electron chi connectivity index (χ3n) is 13.0. The summed E-state index contributed by atoms with van der Waals surface area (Å²) in [6.07, 6.45) is 12.3. The molecule has 16 nitrogen and oxygen atoms in total. The Morgan fingerprint density at radius 3 is 1.43 bits per heavy atom. The van der Waals surface area contributed by atoms with Gasteiger partial charge in [0.05, 0.1) is 63.9 Å². The van der Waals surface area contributed by atoms with Crippen LogP contribution in [0.15, 0.2) is 122 Å². The maximum Gasteiger partial charge on any atom is 0.208 e. The molecule has 2 saturated heterocycles. The number of para-hydroxylation sites is 2. The number of aromatic nitrogens is 6. The number of fused-ring (bicyclic) bond motifs is 2. The molecule has 8 aromatic rings. The van der Waals surface area contributed by atoms with Gasteiger partial charge in [-0.3, -0.25) is 20.2 Å². The van der Waals surface area contributed by atoms with E-state index in [-0.39, 0.29) is 6.04 Å². The minimum atomic E-state index is -3.19. The molecule has 2 aliphatic heterocycles. The van der Waals surface area contributed by atoms with Crippen LogP contribution in [0, 0.1) is 24.7 Å². The monoisotopic (exact) mass is 956 g/mol. The first-order valence-electron chi connectivity index (χ1n) is 23.6. The third kappa shape index (κ3) is 10.7. The van der Waals surface area contributed by atoms with Crippen molar-refractivity contribution in [2.75, 3.05) is 52.9 Å². The molecule has 0 unspecified atom stereocenters. The van der Waals surface area contributed by atoms with Crippen LogP contribution in [0.2, 0.25) is 0 Å². The van der Waals surface area contributed by atoms with E-state index in [0.29, 0.717) is 17.5 Å². The lowest BCUT2D eigenvalue weighted by Gasteiger charge is -2.32. The lowest BCUT2D eigenvalue weighted by Crippen LogP contribution is -2.44. The van der Waals surface area contributed by atoms with Crippen LogP contribution in [0.4, 0.5) is 34.4 Å². The first-order valence-corrected chi connectivity index (χ1v) is 25.5. The van der Waals surface area contributed by atoms with E-state index in [1.165, 1.54) is 6.26 Å². The zero-order valence-electron chi connectivity index (χ0n) is 40.2. The van der Waals surface area contributed by atoms with Crippen molar-refractivity contribution < 1.29 is 8.42 Å². The van der Waals surface area contributed by atoms with Crippen LogP contribution in [0.3, 0.4) is 0 Å². The van der Waals surface area contributed by atoms with Crippen molar-refractivity contribution in [1.29, 1.82) is 10.8 Å². The number of nitrogens with zero attached hydrogens (tertiary/aromatic N) is 8. The lowest BCUT2D eigenvalue weighted by molar-refractivity contribution is 0.460. The highest BCUT2D eigenvalue weighted by Gasteiger charge is 2.24. The molecular weight excluding hydrogens is 897 g/mol. The Bertz CT molecular complexity index is 3300. The summed E-state index contributed by atoms with van der Waals surface area (Å²) in [7, 11) is 0.598. The third-order valence-corrected chi connectivity index (χ3v) is 13.8. The summed E-state index contributed by atoms with van der Waals surface area (Å²) in [6, 6.07) is 32.1. The predicted molar refractivity (Wildman–Crippen MR) is 283 cm³/mol. The van der Waals surface area contributed by atoms with Gasteiger partial charge in [-0.05, 0) is 87.1 Å². The van der Waals surface area contributed by atoms with E-state index in [1.54, 1.807) is 15.6 Å². The maximum absolute atomic E-state index is 11.5. The normalized spacial score (nSPS) is 14.7. The van der Waals surface area contributed by atoms with Gasteiger partial charge in [0.25, 0.3) is 0 Å². The Balaban J connectivity index is 0.000000175. The van der Waals surface area contributed by atoms with E-state index in [4.69, 9.17) is 16.6 Å². The van der Waals surface area contributed by atoms with Crippen molar-refractivity contribution in [3.8, 4) is 0 Å². The summed E-state index contributed by atoms with van der Waals surface area (Å²) >= 11 is 0. The van der Waals surface area contributed by atoms with Gasteiger partial charge in [-0.25, -0.2) is 23.1 Å². The number of piperidine rings is 2. The van der Waals surface area contributed by atoms with Crippen LogP contribution in [-0.4, -0.2) is 93.9 Å². The number of rotatable bonds is 12. The minimum Gasteiger partial charge on any atom is -0.357 e. The lowest BCUT2D eigenvalue weighted by atomic mass is 9.96. The molecule has 70 heavy (non-hydrogen) atoms. The van der Waals surface area contributed by atoms with E-state index in [0.717, 1.165) is 141 Å². The zero-order valence-corrected chi connectivity index (χ0v) is 41.1. The molecule has 360 valence electrons. The number of pyridine rings is 2. The smallest absolute Gasteiger partial charge is 0.208 e. The van der Waals surface area contributed by atoms with Gasteiger partial charge in [0.1, 0.15) is 11.6 Å². The summed E-state index contributed by atoms with van der Waals surface area (Å²) in [5.41, 5.74) is 17.7. The molecule has 0 aliphatic carbocycles. The zero-order chi connectivity index (χ0) is 49.1. The van der Waals surface area contributed by atoms with Gasteiger partial charge in [0.2, 0.25) is 10.0 Å². The van der Waals surface area contributed by atoms with Crippen LogP contribution < -0.4 is 30.9 Å². The average molecular weight is 957 g/mol. The van der Waals surface area contributed by atoms with Gasteiger partial charge in [0, 0.05) is 97.8 Å². The van der Waals surface area contributed by atoms with Crippen LogP contribution in [0.25, 0.3) is 21.8 Å². The molecule has 17 heteroatoms. The molecule has 0 spiro atoms. The molecule has 2 aliphatic rings. The molecule has 0 bridgehead atoms. The van der Waals surface area contributed by atoms with Crippen LogP contribution in [0.1, 0.15) is 59.1 Å². The molecule has 7 N–H and O–H groups in total. The van der Waals surface area contributed by atoms with Gasteiger partial charge < -0.3 is 26.2 Å². The van der Waals surface area contributed by atoms with Gasteiger partial charge >= 0.3 is 0 Å². The Morgan fingerprint density at radius 1 is 0.600 bits per heavy atom. The highest BCUT2D eigenvalue weighted by molar-refractivity contribution is 7.88. The molecule has 0 radical (unpaired) electrons. The second-order valence-corrected chi connectivity index (χ2v) is 20.1. The van der Waals surface area contributed by atoms with Crippen LogP contribution in [0.5, 0.6) is 0 Å². The topological polar surface area (TPSA) is 212 Å². The van der Waals surface area contributed by atoms with Crippen molar-refractivity contribution in [2.24, 2.45) is 19.8 Å². The van der Waals surface area contributed by atoms with Crippen molar-refractivity contribution in [1.82, 2.24) is 34.3 Å². The Morgan fingerprint density at radius 2 is 1.01 bits per heavy atom. The van der Waals surface area contributed by atoms with Crippen LogP contribution >= 0.6 is 0 Å². The van der Waals surface area contributed by atoms with E-state index in [2.05, 4.69) is 70.4 Å². The van der Waals surface area contributed by atoms with Crippen molar-refractivity contribution in [3.05, 3.63) is 155 Å². The fourth-order valence-corrected chi connectivity index (χ4v) is 10.2. The number of hydrogen-bond acceptors (Lipinski definition) is 13. The number of benzene rings is 4. The molecular formula is C53H60N14O2S. The highest BCUT2D eigenvalue weighted by Crippen LogP contribution is 2.32. The second-order valence-electron chi connectivity index (χ2n) is 18.4. The van der Waals surface area contributed by atoms with Gasteiger partial charge in [-0.15, -0.1) is 0 Å². The van der Waals surface area contributed by atoms with Crippen molar-refractivity contribution in [2.45, 2.75) is 51.6 Å². The number of hydrogen-bond donors (Lipinski definition) is 6. The molecule has 0 atom stereocenters. The van der Waals surface area contributed by atoms with E-state index in [9.17, 15) is 8.42 Å². The summed E-state index contributed by atoms with van der Waals surface area (Å²) in [5, 5.41) is 36.0. The number of nitrogens with one attached hydrogen (secondary N) is 5. The quantitative estimate of drug-likeness (QED) is 0.0641. The van der Waals surface area contributed by atoms with Gasteiger partial charge in [-0.2, -0.15) is 10.2 Å². The molecule has 2 fully saturated rings. The fourth-order valence-electron chi connectivity index (χ4n) is 9.37. The van der Waals surface area contributed by atoms with Gasteiger partial charge in [-0.1, -0.05) is 60.7 Å². The molecule has 6 heterocycles. The number of sulfonamides is 1. The minimum absolute atomic E-state index is 0.0282. The molecule has 4 aromatic heterocycles. The predicted octanol–water partition coefficient (Wildman–Crippen LogP) is 8.32. The summed E-state index contributed by atoms with van der Waals surface area (Å²) < 4.78 is 29.3. The molecule has 4 aromatic carbocycles. The van der Waals surface area contributed by atoms with Crippen molar-refractivity contribution in [3.63, 3.8) is 0 Å². The fraction of sp³-hybridized carbons (Fsp3) is 0.283. The molecule has 0 saturated carbocycles. The summed E-state index contributed by atoms with van der Waals surface area (Å²) in [4.78, 5) is 13.8. The van der Waals surface area contributed by atoms with E-state index >= 15 is 0 Å². The highest BCUT2D eigenvalue weighted by atomic mass is 32.2. The summed E-state index contributed by atoms with van der Waals surface area (Å²) in [5.74, 6) is 1.85.